The number of amides is 1. The lowest BCUT2D eigenvalue weighted by molar-refractivity contribution is -0.126. The summed E-state index contributed by atoms with van der Waals surface area (Å²) >= 11 is 0. The lowest BCUT2D eigenvalue weighted by atomic mass is 10.2. The zero-order valence-electron chi connectivity index (χ0n) is 10.3. The van der Waals surface area contributed by atoms with Crippen LogP contribution in [0.2, 0.25) is 0 Å². The highest BCUT2D eigenvalue weighted by Gasteiger charge is 2.25. The first-order chi connectivity index (χ1) is 8.16. The quantitative estimate of drug-likeness (QED) is 0.783. The van der Waals surface area contributed by atoms with E-state index in [0.717, 1.165) is 24.6 Å². The van der Waals surface area contributed by atoms with Gasteiger partial charge in [-0.15, -0.1) is 0 Å². The Morgan fingerprint density at radius 2 is 2.47 bits per heavy atom. The number of nitrogens with zero attached hydrogens (tertiary/aromatic N) is 1. The molecule has 1 aromatic rings. The molecule has 0 radical (unpaired) electrons. The third-order valence-electron chi connectivity index (χ3n) is 3.05. The zero-order chi connectivity index (χ0) is 12.3. The van der Waals surface area contributed by atoms with Crippen LogP contribution in [0, 0.1) is 6.92 Å². The smallest absolute Gasteiger partial charge is 0.239 e. The molecule has 1 atom stereocenters. The molecule has 0 spiro atoms. The maximum atomic E-state index is 12.0. The van der Waals surface area contributed by atoms with E-state index in [1.165, 1.54) is 0 Å². The van der Waals surface area contributed by atoms with Crippen LogP contribution in [0.15, 0.2) is 16.5 Å². The number of aryl methyl sites for hydroxylation is 1. The molecule has 1 aliphatic rings. The number of hydrogen-bond donors (Lipinski definition) is 2. The van der Waals surface area contributed by atoms with Gasteiger partial charge in [-0.05, 0) is 26.1 Å². The van der Waals surface area contributed by atoms with Gasteiger partial charge in [-0.1, -0.05) is 0 Å². The Bertz CT molecular complexity index is 389. The second kappa shape index (κ2) is 5.33. The predicted molar refractivity (Wildman–Crippen MR) is 64.6 cm³/mol. The van der Waals surface area contributed by atoms with Crippen LogP contribution in [0.4, 0.5) is 0 Å². The third-order valence-corrected chi connectivity index (χ3v) is 3.05. The van der Waals surface area contributed by atoms with Gasteiger partial charge >= 0.3 is 0 Å². The molecule has 2 N–H and O–H groups in total. The molecule has 1 aliphatic heterocycles. The summed E-state index contributed by atoms with van der Waals surface area (Å²) in [4.78, 5) is 14.0. The Kier molecular flexibility index (Phi) is 3.81. The summed E-state index contributed by atoms with van der Waals surface area (Å²) in [5.74, 6) is 1.71. The Morgan fingerprint density at radius 3 is 3.12 bits per heavy atom. The number of nitrogens with one attached hydrogen (secondary N) is 2. The molecule has 2 heterocycles. The summed E-state index contributed by atoms with van der Waals surface area (Å²) in [5, 5.41) is 6.12. The molecule has 0 saturated carbocycles. The van der Waals surface area contributed by atoms with Crippen molar-refractivity contribution in [3.05, 3.63) is 23.7 Å². The van der Waals surface area contributed by atoms with Gasteiger partial charge in [-0.2, -0.15) is 0 Å². The molecule has 0 bridgehead atoms. The van der Waals surface area contributed by atoms with Gasteiger partial charge in [-0.3, -0.25) is 9.69 Å². The van der Waals surface area contributed by atoms with Gasteiger partial charge in [0.25, 0.3) is 0 Å². The topological polar surface area (TPSA) is 57.5 Å². The minimum atomic E-state index is -0.0835. The minimum absolute atomic E-state index is 0.0498. The Hall–Kier alpha value is -1.33. The molecule has 94 valence electrons. The number of rotatable bonds is 3. The predicted octanol–water partition coefficient (Wildman–Crippen LogP) is 0.108. The molecule has 5 heteroatoms. The van der Waals surface area contributed by atoms with E-state index in [9.17, 15) is 4.79 Å². The number of hydrogen-bond acceptors (Lipinski definition) is 4. The number of furan rings is 1. The Balaban J connectivity index is 1.84. The van der Waals surface area contributed by atoms with Gasteiger partial charge < -0.3 is 15.1 Å². The van der Waals surface area contributed by atoms with Gasteiger partial charge in [-0.25, -0.2) is 0 Å². The number of piperazine rings is 1. The maximum absolute atomic E-state index is 12.0. The van der Waals surface area contributed by atoms with Crippen molar-refractivity contribution >= 4 is 5.91 Å². The van der Waals surface area contributed by atoms with Crippen molar-refractivity contribution in [3.8, 4) is 0 Å². The van der Waals surface area contributed by atoms with Crippen LogP contribution in [-0.2, 0) is 11.3 Å². The normalized spacial score (nSPS) is 21.4. The Labute approximate surface area is 101 Å². The van der Waals surface area contributed by atoms with Crippen LogP contribution in [-0.4, -0.2) is 43.5 Å². The lowest BCUT2D eigenvalue weighted by Crippen LogP contribution is -2.56. The number of carbonyl (C=O) groups excluding carboxylic acids is 1. The van der Waals surface area contributed by atoms with E-state index < -0.39 is 0 Å². The molecule has 5 nitrogen and oxygen atoms in total. The summed E-state index contributed by atoms with van der Waals surface area (Å²) in [6, 6.07) is 3.70. The molecule has 0 aromatic carbocycles. The van der Waals surface area contributed by atoms with E-state index in [2.05, 4.69) is 15.5 Å². The van der Waals surface area contributed by atoms with E-state index in [1.807, 2.05) is 26.1 Å². The highest BCUT2D eigenvalue weighted by atomic mass is 16.3. The van der Waals surface area contributed by atoms with Crippen LogP contribution in [0.5, 0.6) is 0 Å². The summed E-state index contributed by atoms with van der Waals surface area (Å²) in [6.45, 7) is 4.90. The van der Waals surface area contributed by atoms with Crippen molar-refractivity contribution in [1.82, 2.24) is 15.5 Å². The van der Waals surface area contributed by atoms with Crippen LogP contribution in [0.25, 0.3) is 0 Å². The molecule has 1 aromatic heterocycles. The average Bonchev–Trinajstić information content (AvgIpc) is 2.73. The van der Waals surface area contributed by atoms with Crippen molar-refractivity contribution in [1.29, 1.82) is 0 Å². The molecule has 1 amide bonds. The molecule has 2 rings (SSSR count). The van der Waals surface area contributed by atoms with E-state index >= 15 is 0 Å². The van der Waals surface area contributed by atoms with Crippen LogP contribution in [0.3, 0.4) is 0 Å². The zero-order valence-corrected chi connectivity index (χ0v) is 10.3. The van der Waals surface area contributed by atoms with Crippen LogP contribution >= 0.6 is 0 Å². The monoisotopic (exact) mass is 237 g/mol. The summed E-state index contributed by atoms with van der Waals surface area (Å²) < 4.78 is 5.40. The van der Waals surface area contributed by atoms with Gasteiger partial charge in [0.05, 0.1) is 6.54 Å². The number of likely N-dealkylation sites (N-methyl/N-ethyl adjacent to an activating group) is 1. The second-order valence-electron chi connectivity index (χ2n) is 4.43. The van der Waals surface area contributed by atoms with Gasteiger partial charge in [0, 0.05) is 19.6 Å². The van der Waals surface area contributed by atoms with Crippen molar-refractivity contribution in [2.45, 2.75) is 19.5 Å². The average molecular weight is 237 g/mol. The van der Waals surface area contributed by atoms with E-state index in [0.29, 0.717) is 13.1 Å². The van der Waals surface area contributed by atoms with E-state index in [1.54, 1.807) is 0 Å². The third kappa shape index (κ3) is 3.08. The van der Waals surface area contributed by atoms with Gasteiger partial charge in [0.15, 0.2) is 0 Å². The molecule has 1 fully saturated rings. The van der Waals surface area contributed by atoms with E-state index in [-0.39, 0.29) is 11.9 Å². The molecule has 17 heavy (non-hydrogen) atoms. The molecule has 0 aliphatic carbocycles. The number of carbonyl (C=O) groups is 1. The van der Waals surface area contributed by atoms with Crippen molar-refractivity contribution in [2.24, 2.45) is 0 Å². The SMILES string of the molecule is Cc1ccc(CNC(=O)C2CNCCN2C)o1. The van der Waals surface area contributed by atoms with Crippen LogP contribution < -0.4 is 10.6 Å². The Morgan fingerprint density at radius 1 is 1.65 bits per heavy atom. The van der Waals surface area contributed by atoms with Gasteiger partial charge in [0.2, 0.25) is 5.91 Å². The van der Waals surface area contributed by atoms with Crippen molar-refractivity contribution < 1.29 is 9.21 Å². The molecular weight excluding hydrogens is 218 g/mol. The first-order valence-electron chi connectivity index (χ1n) is 5.91. The minimum Gasteiger partial charge on any atom is -0.465 e. The summed E-state index contributed by atoms with van der Waals surface area (Å²) in [6.07, 6.45) is 0. The van der Waals surface area contributed by atoms with E-state index in [4.69, 9.17) is 4.42 Å². The maximum Gasteiger partial charge on any atom is 0.239 e. The first-order valence-corrected chi connectivity index (χ1v) is 5.91. The van der Waals surface area contributed by atoms with Crippen LogP contribution in [0.1, 0.15) is 11.5 Å². The van der Waals surface area contributed by atoms with Gasteiger partial charge in [0.1, 0.15) is 17.6 Å². The summed E-state index contributed by atoms with van der Waals surface area (Å²) in [5.41, 5.74) is 0. The highest BCUT2D eigenvalue weighted by molar-refractivity contribution is 5.82. The standard InChI is InChI=1S/C12H19N3O2/c1-9-3-4-10(17-9)7-14-12(16)11-8-13-5-6-15(11)2/h3-4,11,13H,5-8H2,1-2H3,(H,14,16). The first kappa shape index (κ1) is 12.1. The lowest BCUT2D eigenvalue weighted by Gasteiger charge is -2.31. The fraction of sp³-hybridized carbons (Fsp3) is 0.583. The molecular formula is C12H19N3O2. The fourth-order valence-corrected chi connectivity index (χ4v) is 1.97. The largest absolute Gasteiger partial charge is 0.465 e. The van der Waals surface area contributed by atoms with Crippen molar-refractivity contribution in [3.63, 3.8) is 0 Å². The fourth-order valence-electron chi connectivity index (χ4n) is 1.97. The molecule has 1 saturated heterocycles. The molecule has 1 unspecified atom stereocenters. The highest BCUT2D eigenvalue weighted by Crippen LogP contribution is 2.06. The summed E-state index contributed by atoms with van der Waals surface area (Å²) in [7, 11) is 1.97. The second-order valence-corrected chi connectivity index (χ2v) is 4.43. The van der Waals surface area contributed by atoms with Crippen molar-refractivity contribution in [2.75, 3.05) is 26.7 Å².